The van der Waals surface area contributed by atoms with E-state index >= 15 is 0 Å². The average molecular weight is 354 g/mol. The van der Waals surface area contributed by atoms with Crippen LogP contribution in [0.5, 0.6) is 0 Å². The summed E-state index contributed by atoms with van der Waals surface area (Å²) >= 11 is 0. The Hall–Kier alpha value is -2.67. The fraction of sp³-hybridized carbons (Fsp3) is 0.421. The molecule has 136 valence electrons. The normalized spacial score (nSPS) is 18.5. The van der Waals surface area contributed by atoms with Crippen molar-refractivity contribution >= 4 is 16.9 Å². The van der Waals surface area contributed by atoms with Crippen molar-refractivity contribution in [2.45, 2.75) is 52.3 Å². The van der Waals surface area contributed by atoms with Crippen LogP contribution in [-0.4, -0.2) is 31.8 Å². The number of carbonyl (C=O) groups is 1. The number of hydrogen-bond donors (Lipinski definition) is 2. The van der Waals surface area contributed by atoms with Crippen LogP contribution in [0.1, 0.15) is 43.1 Å². The summed E-state index contributed by atoms with van der Waals surface area (Å²) in [7, 11) is 0. The van der Waals surface area contributed by atoms with Crippen LogP contribution >= 0.6 is 0 Å². The third kappa shape index (κ3) is 2.78. The lowest BCUT2D eigenvalue weighted by atomic mass is 10.0. The van der Waals surface area contributed by atoms with Crippen molar-refractivity contribution in [1.29, 1.82) is 0 Å². The zero-order valence-corrected chi connectivity index (χ0v) is 15.1. The van der Waals surface area contributed by atoms with Crippen LogP contribution in [0.25, 0.3) is 22.2 Å². The number of hydrogen-bond acceptors (Lipinski definition) is 5. The van der Waals surface area contributed by atoms with E-state index in [9.17, 15) is 9.90 Å². The maximum atomic E-state index is 11.6. The second-order valence-electron chi connectivity index (χ2n) is 6.99. The molecule has 2 atom stereocenters. The number of aryl methyl sites for hydroxylation is 2. The van der Waals surface area contributed by atoms with Crippen LogP contribution in [-0.2, 0) is 11.3 Å². The van der Waals surface area contributed by atoms with Crippen LogP contribution in [0.3, 0.4) is 0 Å². The van der Waals surface area contributed by atoms with E-state index in [0.29, 0.717) is 13.0 Å². The first kappa shape index (κ1) is 16.8. The van der Waals surface area contributed by atoms with Gasteiger partial charge in [-0.15, -0.1) is 0 Å². The summed E-state index contributed by atoms with van der Waals surface area (Å²) in [6, 6.07) is 5.93. The fourth-order valence-electron chi connectivity index (χ4n) is 3.73. The highest BCUT2D eigenvalue weighted by molar-refractivity contribution is 5.84. The number of nitrogens with one attached hydrogen (secondary N) is 1. The Morgan fingerprint density at radius 2 is 2.23 bits per heavy atom. The Balaban J connectivity index is 1.85. The quantitative estimate of drug-likeness (QED) is 0.751. The van der Waals surface area contributed by atoms with Gasteiger partial charge in [-0.2, -0.15) is 0 Å². The van der Waals surface area contributed by atoms with Crippen molar-refractivity contribution in [3.05, 3.63) is 35.5 Å². The lowest BCUT2D eigenvalue weighted by Crippen LogP contribution is -2.23. The molecule has 26 heavy (non-hydrogen) atoms. The van der Waals surface area contributed by atoms with Crippen LogP contribution in [0.2, 0.25) is 0 Å². The van der Waals surface area contributed by atoms with E-state index in [4.69, 9.17) is 9.51 Å². The molecule has 1 amide bonds. The van der Waals surface area contributed by atoms with Gasteiger partial charge in [-0.05, 0) is 44.9 Å². The first-order chi connectivity index (χ1) is 12.4. The highest BCUT2D eigenvalue weighted by atomic mass is 16.5. The van der Waals surface area contributed by atoms with E-state index in [1.807, 2.05) is 36.6 Å². The molecule has 7 nitrogen and oxygen atoms in total. The van der Waals surface area contributed by atoms with Gasteiger partial charge in [-0.1, -0.05) is 11.2 Å². The maximum Gasteiger partial charge on any atom is 0.220 e. The van der Waals surface area contributed by atoms with E-state index in [1.54, 1.807) is 6.92 Å². The van der Waals surface area contributed by atoms with Gasteiger partial charge in [0, 0.05) is 12.0 Å². The minimum absolute atomic E-state index is 0.0436. The molecule has 1 aliphatic heterocycles. The number of fused-ring (bicyclic) bond motifs is 1. The molecule has 0 bridgehead atoms. The van der Waals surface area contributed by atoms with E-state index in [1.165, 1.54) is 0 Å². The predicted octanol–water partition coefficient (Wildman–Crippen LogP) is 2.64. The van der Waals surface area contributed by atoms with Crippen LogP contribution in [0.15, 0.2) is 22.7 Å². The third-order valence-electron chi connectivity index (χ3n) is 4.85. The number of nitrogens with zero attached hydrogens (tertiary/aromatic N) is 3. The minimum atomic E-state index is -0.509. The third-order valence-corrected chi connectivity index (χ3v) is 4.85. The highest BCUT2D eigenvalue weighted by Crippen LogP contribution is 2.32. The molecule has 0 saturated carbocycles. The standard InChI is InChI=1S/C19H22N4O3/c1-10(24)9-23-16-6-4-13(18-11(2)22-26-12(18)3)8-15(16)21-19(23)14-5-7-17(25)20-14/h4,6,8,10,14,24H,5,7,9H2,1-3H3,(H,20,25)/t10?,14-/m0/s1. The minimum Gasteiger partial charge on any atom is -0.392 e. The van der Waals surface area contributed by atoms with Gasteiger partial charge in [0.15, 0.2) is 0 Å². The summed E-state index contributed by atoms with van der Waals surface area (Å²) in [5.41, 5.74) is 4.59. The monoisotopic (exact) mass is 354 g/mol. The summed E-state index contributed by atoms with van der Waals surface area (Å²) in [6.45, 7) is 6.00. The lowest BCUT2D eigenvalue weighted by molar-refractivity contribution is -0.119. The molecule has 0 aliphatic carbocycles. The number of amides is 1. The second-order valence-corrected chi connectivity index (χ2v) is 6.99. The van der Waals surface area contributed by atoms with Gasteiger partial charge in [0.05, 0.1) is 35.4 Å². The topological polar surface area (TPSA) is 93.2 Å². The van der Waals surface area contributed by atoms with Gasteiger partial charge in [-0.3, -0.25) is 4.79 Å². The Labute approximate surface area is 151 Å². The molecule has 3 aromatic rings. The van der Waals surface area contributed by atoms with Gasteiger partial charge in [0.1, 0.15) is 11.6 Å². The van der Waals surface area contributed by atoms with Crippen molar-refractivity contribution < 1.29 is 14.4 Å². The maximum absolute atomic E-state index is 11.6. The summed E-state index contributed by atoms with van der Waals surface area (Å²) in [5, 5.41) is 16.9. The SMILES string of the molecule is Cc1noc(C)c1-c1ccc2c(c1)nc([C@@H]1CCC(=O)N1)n2CC(C)O. The Morgan fingerprint density at radius 1 is 1.42 bits per heavy atom. The number of benzene rings is 1. The van der Waals surface area contributed by atoms with Gasteiger partial charge < -0.3 is 19.5 Å². The van der Waals surface area contributed by atoms with Gasteiger partial charge in [-0.25, -0.2) is 4.98 Å². The largest absolute Gasteiger partial charge is 0.392 e. The molecule has 0 spiro atoms. The van der Waals surface area contributed by atoms with Gasteiger partial charge in [0.25, 0.3) is 0 Å². The van der Waals surface area contributed by atoms with Crippen molar-refractivity contribution in [3.63, 3.8) is 0 Å². The molecule has 1 aliphatic rings. The molecule has 1 unspecified atom stereocenters. The van der Waals surface area contributed by atoms with E-state index in [0.717, 1.165) is 45.9 Å². The molecule has 1 fully saturated rings. The number of aliphatic hydroxyl groups excluding tert-OH is 1. The summed E-state index contributed by atoms with van der Waals surface area (Å²) in [5.74, 6) is 1.61. The predicted molar refractivity (Wildman–Crippen MR) is 96.5 cm³/mol. The van der Waals surface area contributed by atoms with Crippen molar-refractivity contribution in [2.75, 3.05) is 0 Å². The number of carbonyl (C=O) groups excluding carboxylic acids is 1. The molecule has 0 radical (unpaired) electrons. The molecular weight excluding hydrogens is 332 g/mol. The van der Waals surface area contributed by atoms with Gasteiger partial charge >= 0.3 is 0 Å². The van der Waals surface area contributed by atoms with E-state index in [-0.39, 0.29) is 11.9 Å². The summed E-state index contributed by atoms with van der Waals surface area (Å²) in [6.07, 6.45) is 0.719. The fourth-order valence-corrected chi connectivity index (χ4v) is 3.73. The van der Waals surface area contributed by atoms with Crippen molar-refractivity contribution in [2.24, 2.45) is 0 Å². The smallest absolute Gasteiger partial charge is 0.220 e. The lowest BCUT2D eigenvalue weighted by Gasteiger charge is -2.15. The molecule has 2 aromatic heterocycles. The van der Waals surface area contributed by atoms with Crippen LogP contribution in [0.4, 0.5) is 0 Å². The first-order valence-electron chi connectivity index (χ1n) is 8.85. The molecular formula is C19H22N4O3. The Morgan fingerprint density at radius 3 is 2.85 bits per heavy atom. The molecule has 7 heteroatoms. The van der Waals surface area contributed by atoms with E-state index in [2.05, 4.69) is 10.5 Å². The number of rotatable bonds is 4. The highest BCUT2D eigenvalue weighted by Gasteiger charge is 2.28. The second kappa shape index (κ2) is 6.25. The molecule has 3 heterocycles. The zero-order valence-electron chi connectivity index (χ0n) is 15.1. The summed E-state index contributed by atoms with van der Waals surface area (Å²) in [4.78, 5) is 16.4. The number of aliphatic hydroxyl groups is 1. The zero-order chi connectivity index (χ0) is 18.4. The van der Waals surface area contributed by atoms with Crippen LogP contribution < -0.4 is 5.32 Å². The van der Waals surface area contributed by atoms with Gasteiger partial charge in [0.2, 0.25) is 5.91 Å². The molecule has 4 rings (SSSR count). The van der Waals surface area contributed by atoms with Crippen molar-refractivity contribution in [3.8, 4) is 11.1 Å². The Bertz CT molecular complexity index is 967. The van der Waals surface area contributed by atoms with E-state index < -0.39 is 6.10 Å². The number of imidazole rings is 1. The van der Waals surface area contributed by atoms with Crippen molar-refractivity contribution in [1.82, 2.24) is 20.0 Å². The first-order valence-corrected chi connectivity index (χ1v) is 8.85. The molecule has 1 aromatic carbocycles. The molecule has 2 N–H and O–H groups in total. The number of aromatic nitrogens is 3. The summed E-state index contributed by atoms with van der Waals surface area (Å²) < 4.78 is 7.29. The van der Waals surface area contributed by atoms with Crippen LogP contribution in [0, 0.1) is 13.8 Å². The molecule has 1 saturated heterocycles. The average Bonchev–Trinajstić information content (AvgIpc) is 3.25. The Kier molecular flexibility index (Phi) is 4.03.